The second-order valence-corrected chi connectivity index (χ2v) is 2.60. The average molecular weight is 218 g/mol. The van der Waals surface area contributed by atoms with Gasteiger partial charge in [-0.05, 0) is 17.7 Å². The molecule has 3 N–H and O–H groups in total. The fourth-order valence-corrected chi connectivity index (χ4v) is 0.981. The first-order chi connectivity index (χ1) is 6.15. The molecule has 0 aliphatic heterocycles. The van der Waals surface area contributed by atoms with Crippen molar-refractivity contribution in [1.29, 1.82) is 0 Å². The Morgan fingerprint density at radius 1 is 1.57 bits per heavy atom. The van der Waals surface area contributed by atoms with Crippen LogP contribution in [0.15, 0.2) is 24.3 Å². The van der Waals surface area contributed by atoms with Crippen LogP contribution in [-0.4, -0.2) is 18.2 Å². The van der Waals surface area contributed by atoms with Crippen molar-refractivity contribution in [2.24, 2.45) is 5.73 Å². The number of esters is 1. The van der Waals surface area contributed by atoms with Crippen molar-refractivity contribution in [3.63, 3.8) is 0 Å². The first-order valence-electron chi connectivity index (χ1n) is 3.77. The smallest absolute Gasteiger partial charge is 0.327 e. The lowest BCUT2D eigenvalue weighted by Crippen LogP contribution is -2.22. The summed E-state index contributed by atoms with van der Waals surface area (Å²) in [5.41, 5.74) is 6.07. The van der Waals surface area contributed by atoms with Gasteiger partial charge in [0.15, 0.2) is 0 Å². The molecule has 0 spiro atoms. The van der Waals surface area contributed by atoms with Gasteiger partial charge >= 0.3 is 5.97 Å². The first kappa shape index (κ1) is 12.7. The maximum absolute atomic E-state index is 11.0. The molecule has 78 valence electrons. The number of nitrogens with two attached hydrogens (primary N) is 1. The van der Waals surface area contributed by atoms with E-state index in [2.05, 4.69) is 4.74 Å². The number of carbonyl (C=O) groups is 1. The number of phenolic OH excluding ortho intramolecular Hbond substituents is 1. The van der Waals surface area contributed by atoms with Crippen molar-refractivity contribution in [2.75, 3.05) is 7.11 Å². The minimum atomic E-state index is -0.836. The molecule has 0 heterocycles. The molecule has 1 rings (SSSR count). The van der Waals surface area contributed by atoms with Crippen molar-refractivity contribution in [1.82, 2.24) is 0 Å². The van der Waals surface area contributed by atoms with Crippen molar-refractivity contribution < 1.29 is 14.6 Å². The maximum Gasteiger partial charge on any atom is 0.327 e. The number of phenols is 1. The van der Waals surface area contributed by atoms with Crippen LogP contribution in [0.25, 0.3) is 0 Å². The molecule has 1 aromatic carbocycles. The topological polar surface area (TPSA) is 72.5 Å². The van der Waals surface area contributed by atoms with Crippen LogP contribution in [0.1, 0.15) is 11.6 Å². The molecule has 0 saturated heterocycles. The van der Waals surface area contributed by atoms with Gasteiger partial charge in [0.25, 0.3) is 0 Å². The Kier molecular flexibility index (Phi) is 4.97. The molecule has 4 nitrogen and oxygen atoms in total. The van der Waals surface area contributed by atoms with Crippen LogP contribution < -0.4 is 5.73 Å². The summed E-state index contributed by atoms with van der Waals surface area (Å²) >= 11 is 0. The summed E-state index contributed by atoms with van der Waals surface area (Å²) in [6.07, 6.45) is 0. The summed E-state index contributed by atoms with van der Waals surface area (Å²) in [5, 5.41) is 9.11. The molecular formula is C9H12ClNO3. The molecule has 0 fully saturated rings. The Bertz CT molecular complexity index is 317. The Morgan fingerprint density at radius 2 is 2.21 bits per heavy atom. The zero-order chi connectivity index (χ0) is 9.84. The highest BCUT2D eigenvalue weighted by Gasteiger charge is 2.15. The van der Waals surface area contributed by atoms with Crippen LogP contribution in [0.2, 0.25) is 0 Å². The van der Waals surface area contributed by atoms with E-state index in [0.29, 0.717) is 5.56 Å². The van der Waals surface area contributed by atoms with E-state index >= 15 is 0 Å². The normalized spacial score (nSPS) is 11.3. The predicted octanol–water partition coefficient (Wildman–Crippen LogP) is 0.987. The lowest BCUT2D eigenvalue weighted by molar-refractivity contribution is -0.142. The largest absolute Gasteiger partial charge is 0.508 e. The monoisotopic (exact) mass is 217 g/mol. The third-order valence-electron chi connectivity index (χ3n) is 1.68. The van der Waals surface area contributed by atoms with Crippen molar-refractivity contribution >= 4 is 18.4 Å². The molecule has 0 unspecified atom stereocenters. The minimum absolute atomic E-state index is 0. The molecular weight excluding hydrogens is 206 g/mol. The summed E-state index contributed by atoms with van der Waals surface area (Å²) < 4.78 is 4.46. The maximum atomic E-state index is 11.0. The van der Waals surface area contributed by atoms with Crippen LogP contribution in [0.4, 0.5) is 0 Å². The standard InChI is InChI=1S/C9H11NO3.ClH/c1-13-9(12)8(10)6-3-2-4-7(11)5-6;/h2-5,8,11H,10H2,1H3;1H/t8-;/m1./s1. The van der Waals surface area contributed by atoms with Crippen LogP contribution in [0.3, 0.4) is 0 Å². The van der Waals surface area contributed by atoms with E-state index in [0.717, 1.165) is 0 Å². The fraction of sp³-hybridized carbons (Fsp3) is 0.222. The highest BCUT2D eigenvalue weighted by molar-refractivity contribution is 5.85. The van der Waals surface area contributed by atoms with Gasteiger partial charge in [-0.25, -0.2) is 0 Å². The van der Waals surface area contributed by atoms with Gasteiger partial charge in [0, 0.05) is 0 Å². The van der Waals surface area contributed by atoms with Gasteiger partial charge in [0.05, 0.1) is 7.11 Å². The van der Waals surface area contributed by atoms with Gasteiger partial charge in [0.2, 0.25) is 0 Å². The number of ether oxygens (including phenoxy) is 1. The summed E-state index contributed by atoms with van der Waals surface area (Å²) in [5.74, 6) is -0.442. The minimum Gasteiger partial charge on any atom is -0.508 e. The van der Waals surface area contributed by atoms with Crippen molar-refractivity contribution in [2.45, 2.75) is 6.04 Å². The summed E-state index contributed by atoms with van der Waals surface area (Å²) in [6, 6.07) is 5.38. The molecule has 5 heteroatoms. The molecule has 0 amide bonds. The predicted molar refractivity (Wildman–Crippen MR) is 54.3 cm³/mol. The van der Waals surface area contributed by atoms with Crippen LogP contribution in [0.5, 0.6) is 5.75 Å². The van der Waals surface area contributed by atoms with Crippen LogP contribution >= 0.6 is 12.4 Å². The molecule has 0 saturated carbocycles. The van der Waals surface area contributed by atoms with Gasteiger partial charge in [-0.1, -0.05) is 12.1 Å². The van der Waals surface area contributed by atoms with E-state index in [4.69, 9.17) is 10.8 Å². The molecule has 0 aliphatic rings. The first-order valence-corrected chi connectivity index (χ1v) is 3.77. The second kappa shape index (κ2) is 5.47. The molecule has 1 atom stereocenters. The molecule has 0 aliphatic carbocycles. The van der Waals surface area contributed by atoms with Gasteiger partial charge in [0.1, 0.15) is 11.8 Å². The van der Waals surface area contributed by atoms with E-state index in [1.54, 1.807) is 12.1 Å². The van der Waals surface area contributed by atoms with E-state index in [9.17, 15) is 4.79 Å². The van der Waals surface area contributed by atoms with Crippen LogP contribution in [0, 0.1) is 0 Å². The molecule has 1 aromatic rings. The van der Waals surface area contributed by atoms with E-state index in [1.807, 2.05) is 0 Å². The van der Waals surface area contributed by atoms with Crippen LogP contribution in [-0.2, 0) is 9.53 Å². The summed E-state index contributed by atoms with van der Waals surface area (Å²) in [6.45, 7) is 0. The van der Waals surface area contributed by atoms with Crippen molar-refractivity contribution in [3.8, 4) is 5.75 Å². The van der Waals surface area contributed by atoms with Crippen molar-refractivity contribution in [3.05, 3.63) is 29.8 Å². The Morgan fingerprint density at radius 3 is 2.71 bits per heavy atom. The highest BCUT2D eigenvalue weighted by atomic mass is 35.5. The van der Waals surface area contributed by atoms with E-state index in [1.165, 1.54) is 19.2 Å². The van der Waals surface area contributed by atoms with Gasteiger partial charge in [-0.2, -0.15) is 0 Å². The third-order valence-corrected chi connectivity index (χ3v) is 1.68. The van der Waals surface area contributed by atoms with E-state index < -0.39 is 12.0 Å². The second-order valence-electron chi connectivity index (χ2n) is 2.60. The number of carbonyl (C=O) groups excluding carboxylic acids is 1. The number of benzene rings is 1. The summed E-state index contributed by atoms with van der Waals surface area (Å²) in [7, 11) is 1.27. The number of methoxy groups -OCH3 is 1. The van der Waals surface area contributed by atoms with Gasteiger partial charge < -0.3 is 15.6 Å². The highest BCUT2D eigenvalue weighted by Crippen LogP contribution is 2.16. The van der Waals surface area contributed by atoms with E-state index in [-0.39, 0.29) is 18.2 Å². The lowest BCUT2D eigenvalue weighted by Gasteiger charge is -2.08. The zero-order valence-corrected chi connectivity index (χ0v) is 8.45. The Hall–Kier alpha value is -1.26. The summed E-state index contributed by atoms with van der Waals surface area (Å²) in [4.78, 5) is 11.0. The number of aromatic hydroxyl groups is 1. The zero-order valence-electron chi connectivity index (χ0n) is 7.64. The van der Waals surface area contributed by atoms with Gasteiger partial charge in [-0.15, -0.1) is 12.4 Å². The molecule has 14 heavy (non-hydrogen) atoms. The third kappa shape index (κ3) is 2.90. The quantitative estimate of drug-likeness (QED) is 0.725. The number of hydrogen-bond donors (Lipinski definition) is 2. The number of hydrogen-bond acceptors (Lipinski definition) is 4. The average Bonchev–Trinajstić information content (AvgIpc) is 2.15. The van der Waals surface area contributed by atoms with Gasteiger partial charge in [-0.3, -0.25) is 4.79 Å². The molecule has 0 aromatic heterocycles. The SMILES string of the molecule is COC(=O)[C@H](N)c1cccc(O)c1.Cl. The molecule has 0 bridgehead atoms. The fourth-order valence-electron chi connectivity index (χ4n) is 0.981. The lowest BCUT2D eigenvalue weighted by atomic mass is 10.1. The number of rotatable bonds is 2. The Labute approximate surface area is 88.1 Å². The Balaban J connectivity index is 0.00000169. The number of halogens is 1. The molecule has 0 radical (unpaired) electrons.